The molecule has 1 fully saturated rings. The Morgan fingerprint density at radius 3 is 2.42 bits per heavy atom. The van der Waals surface area contributed by atoms with Crippen molar-refractivity contribution in [2.45, 2.75) is 25.4 Å². The number of ether oxygens (including phenoxy) is 3. The third-order valence-corrected chi connectivity index (χ3v) is 4.92. The van der Waals surface area contributed by atoms with E-state index >= 15 is 0 Å². The molecule has 0 aromatic heterocycles. The van der Waals surface area contributed by atoms with Crippen molar-refractivity contribution in [3.05, 3.63) is 59.2 Å². The Hall–Kier alpha value is -2.53. The average Bonchev–Trinajstić information content (AvgIpc) is 3.15. The van der Waals surface area contributed by atoms with Crippen molar-refractivity contribution in [3.8, 4) is 11.5 Å². The molecule has 1 aliphatic rings. The minimum atomic E-state index is -0.305. The lowest BCUT2D eigenvalue weighted by Crippen LogP contribution is -2.22. The molecule has 0 radical (unpaired) electrons. The van der Waals surface area contributed by atoms with Gasteiger partial charge >= 0.3 is 5.97 Å². The summed E-state index contributed by atoms with van der Waals surface area (Å²) >= 11 is 0. The normalized spacial score (nSPS) is 17.1. The quantitative estimate of drug-likeness (QED) is 0.737. The Morgan fingerprint density at radius 2 is 1.77 bits per heavy atom. The highest BCUT2D eigenvalue weighted by Crippen LogP contribution is 2.37. The zero-order valence-electron chi connectivity index (χ0n) is 15.5. The predicted octanol–water partition coefficient (Wildman–Crippen LogP) is 3.83. The van der Waals surface area contributed by atoms with E-state index in [1.54, 1.807) is 14.2 Å². The Bertz CT molecular complexity index is 757. The van der Waals surface area contributed by atoms with E-state index in [-0.39, 0.29) is 5.97 Å². The fourth-order valence-corrected chi connectivity index (χ4v) is 3.55. The molecule has 1 heterocycles. The first-order chi connectivity index (χ1) is 12.7. The zero-order valence-corrected chi connectivity index (χ0v) is 15.5. The Kier molecular flexibility index (Phi) is 5.78. The van der Waals surface area contributed by atoms with Gasteiger partial charge in [0.25, 0.3) is 0 Å². The smallest absolute Gasteiger partial charge is 0.337 e. The van der Waals surface area contributed by atoms with Crippen LogP contribution in [0, 0.1) is 0 Å². The summed E-state index contributed by atoms with van der Waals surface area (Å²) in [6, 6.07) is 14.1. The maximum Gasteiger partial charge on any atom is 0.337 e. The second-order valence-electron chi connectivity index (χ2n) is 6.43. The van der Waals surface area contributed by atoms with Gasteiger partial charge in [-0.25, -0.2) is 4.79 Å². The molecule has 2 aromatic carbocycles. The van der Waals surface area contributed by atoms with E-state index in [4.69, 9.17) is 14.2 Å². The lowest BCUT2D eigenvalue weighted by Gasteiger charge is -2.25. The molecule has 138 valence electrons. The predicted molar refractivity (Wildman–Crippen MR) is 99.7 cm³/mol. The maximum absolute atomic E-state index is 11.6. The van der Waals surface area contributed by atoms with Crippen LogP contribution in [0.15, 0.2) is 42.5 Å². The molecule has 0 amide bonds. The summed E-state index contributed by atoms with van der Waals surface area (Å²) in [7, 11) is 4.71. The van der Waals surface area contributed by atoms with Gasteiger partial charge in [0, 0.05) is 12.6 Å². The minimum absolute atomic E-state index is 0.305. The Labute approximate surface area is 154 Å². The number of rotatable bonds is 6. The van der Waals surface area contributed by atoms with Crippen LogP contribution in [0.3, 0.4) is 0 Å². The molecule has 5 nitrogen and oxygen atoms in total. The number of hydrogen-bond donors (Lipinski definition) is 0. The number of likely N-dealkylation sites (tertiary alicyclic amines) is 1. The van der Waals surface area contributed by atoms with Gasteiger partial charge in [0.1, 0.15) is 0 Å². The fourth-order valence-electron chi connectivity index (χ4n) is 3.55. The number of carbonyl (C=O) groups excluding carboxylic acids is 1. The molecule has 0 saturated carbocycles. The van der Waals surface area contributed by atoms with E-state index in [2.05, 4.69) is 17.0 Å². The SMILES string of the molecule is COC(=O)c1ccc(CN2CCC[C@@H]2c2ccc(OC)c(OC)c2)cc1. The molecular formula is C21H25NO4. The van der Waals surface area contributed by atoms with E-state index < -0.39 is 0 Å². The number of methoxy groups -OCH3 is 3. The van der Waals surface area contributed by atoms with Gasteiger partial charge in [0.2, 0.25) is 0 Å². The van der Waals surface area contributed by atoms with Crippen molar-refractivity contribution >= 4 is 5.97 Å². The molecule has 1 saturated heterocycles. The molecule has 0 unspecified atom stereocenters. The summed E-state index contributed by atoms with van der Waals surface area (Å²) < 4.78 is 15.5. The molecule has 0 bridgehead atoms. The molecule has 0 spiro atoms. The summed E-state index contributed by atoms with van der Waals surface area (Å²) in [4.78, 5) is 14.0. The topological polar surface area (TPSA) is 48.0 Å². The Balaban J connectivity index is 1.75. The van der Waals surface area contributed by atoms with Gasteiger partial charge < -0.3 is 14.2 Å². The molecule has 2 aromatic rings. The summed E-state index contributed by atoms with van der Waals surface area (Å²) in [5.41, 5.74) is 3.01. The molecule has 1 atom stereocenters. The average molecular weight is 355 g/mol. The van der Waals surface area contributed by atoms with Gasteiger partial charge in [-0.3, -0.25) is 4.90 Å². The first-order valence-electron chi connectivity index (χ1n) is 8.79. The second kappa shape index (κ2) is 8.23. The van der Waals surface area contributed by atoms with E-state index in [9.17, 15) is 4.79 Å². The van der Waals surface area contributed by atoms with Gasteiger partial charge in [-0.2, -0.15) is 0 Å². The van der Waals surface area contributed by atoms with Crippen molar-refractivity contribution in [2.75, 3.05) is 27.9 Å². The molecule has 26 heavy (non-hydrogen) atoms. The summed E-state index contributed by atoms with van der Waals surface area (Å²) in [6.07, 6.45) is 2.29. The van der Waals surface area contributed by atoms with Gasteiger partial charge in [-0.05, 0) is 54.8 Å². The van der Waals surface area contributed by atoms with E-state index in [1.807, 2.05) is 30.3 Å². The third kappa shape index (κ3) is 3.83. The van der Waals surface area contributed by atoms with E-state index in [0.29, 0.717) is 11.6 Å². The minimum Gasteiger partial charge on any atom is -0.493 e. The molecule has 5 heteroatoms. The number of esters is 1. The highest BCUT2D eigenvalue weighted by Gasteiger charge is 2.26. The van der Waals surface area contributed by atoms with Crippen molar-refractivity contribution in [1.29, 1.82) is 0 Å². The van der Waals surface area contributed by atoms with Crippen LogP contribution in [-0.4, -0.2) is 38.7 Å². The van der Waals surface area contributed by atoms with Gasteiger partial charge in [0.05, 0.1) is 26.9 Å². The Morgan fingerprint density at radius 1 is 1.04 bits per heavy atom. The van der Waals surface area contributed by atoms with Crippen LogP contribution in [0.5, 0.6) is 11.5 Å². The van der Waals surface area contributed by atoms with Gasteiger partial charge in [0.15, 0.2) is 11.5 Å². The van der Waals surface area contributed by atoms with Crippen LogP contribution < -0.4 is 9.47 Å². The van der Waals surface area contributed by atoms with Crippen molar-refractivity contribution in [1.82, 2.24) is 4.90 Å². The van der Waals surface area contributed by atoms with Crippen LogP contribution >= 0.6 is 0 Å². The van der Waals surface area contributed by atoms with Crippen LogP contribution in [-0.2, 0) is 11.3 Å². The molecule has 0 N–H and O–H groups in total. The number of benzene rings is 2. The molecular weight excluding hydrogens is 330 g/mol. The van der Waals surface area contributed by atoms with Crippen LogP contribution in [0.25, 0.3) is 0 Å². The highest BCUT2D eigenvalue weighted by atomic mass is 16.5. The number of nitrogens with zero attached hydrogens (tertiary/aromatic N) is 1. The lowest BCUT2D eigenvalue weighted by molar-refractivity contribution is 0.0600. The first kappa shape index (κ1) is 18.3. The van der Waals surface area contributed by atoms with Crippen LogP contribution in [0.2, 0.25) is 0 Å². The van der Waals surface area contributed by atoms with Crippen molar-refractivity contribution < 1.29 is 19.0 Å². The zero-order chi connectivity index (χ0) is 18.5. The second-order valence-corrected chi connectivity index (χ2v) is 6.43. The number of carbonyl (C=O) groups is 1. The summed E-state index contributed by atoms with van der Waals surface area (Å²) in [5, 5.41) is 0. The molecule has 0 aliphatic carbocycles. The monoisotopic (exact) mass is 355 g/mol. The van der Waals surface area contributed by atoms with Crippen molar-refractivity contribution in [2.24, 2.45) is 0 Å². The fraction of sp³-hybridized carbons (Fsp3) is 0.381. The first-order valence-corrected chi connectivity index (χ1v) is 8.79. The standard InChI is InChI=1S/C21H25NO4/c1-24-19-11-10-17(13-20(19)25-2)18-5-4-12-22(18)14-15-6-8-16(9-7-15)21(23)26-3/h6-11,13,18H,4-5,12,14H2,1-3H3/t18-/m1/s1. The molecule has 3 rings (SSSR count). The maximum atomic E-state index is 11.6. The van der Waals surface area contributed by atoms with Crippen LogP contribution in [0.4, 0.5) is 0 Å². The van der Waals surface area contributed by atoms with E-state index in [1.165, 1.54) is 24.7 Å². The van der Waals surface area contributed by atoms with Gasteiger partial charge in [-0.1, -0.05) is 18.2 Å². The molecule has 1 aliphatic heterocycles. The highest BCUT2D eigenvalue weighted by molar-refractivity contribution is 5.89. The van der Waals surface area contributed by atoms with E-state index in [0.717, 1.165) is 31.0 Å². The largest absolute Gasteiger partial charge is 0.493 e. The van der Waals surface area contributed by atoms with Crippen LogP contribution in [0.1, 0.15) is 40.4 Å². The summed E-state index contributed by atoms with van der Waals surface area (Å²) in [5.74, 6) is 1.21. The lowest BCUT2D eigenvalue weighted by atomic mass is 10.0. The van der Waals surface area contributed by atoms with Gasteiger partial charge in [-0.15, -0.1) is 0 Å². The number of hydrogen-bond acceptors (Lipinski definition) is 5. The van der Waals surface area contributed by atoms with Crippen molar-refractivity contribution in [3.63, 3.8) is 0 Å². The third-order valence-electron chi connectivity index (χ3n) is 4.92. The summed E-state index contributed by atoms with van der Waals surface area (Å²) in [6.45, 7) is 1.90.